The van der Waals surface area contributed by atoms with E-state index in [0.717, 1.165) is 34.6 Å². The number of nitrogens with zero attached hydrogens (tertiary/aromatic N) is 2. The van der Waals surface area contributed by atoms with Gasteiger partial charge < -0.3 is 4.90 Å². The minimum atomic E-state index is -0.313. The maximum atomic E-state index is 3.93. The van der Waals surface area contributed by atoms with E-state index < -0.39 is 0 Å². The number of halogens is 2. The molecule has 67 heavy (non-hydrogen) atoms. The fourth-order valence-electron chi connectivity index (χ4n) is 11.1. The van der Waals surface area contributed by atoms with Crippen LogP contribution in [0.3, 0.4) is 0 Å². The second-order valence-electron chi connectivity index (χ2n) is 18.0. The van der Waals surface area contributed by atoms with Gasteiger partial charge in [-0.05, 0) is 111 Å². The number of anilines is 1. The van der Waals surface area contributed by atoms with E-state index in [1.165, 1.54) is 77.7 Å². The molecule has 8 aromatic carbocycles. The molecule has 0 amide bonds. The second-order valence-corrected chi connectivity index (χ2v) is 19.9. The lowest BCUT2D eigenvalue weighted by molar-refractivity contribution is -0.401. The molecule has 0 unspecified atom stereocenters. The van der Waals surface area contributed by atoms with Crippen molar-refractivity contribution in [2.24, 2.45) is 0 Å². The smallest absolute Gasteiger partial charge is 0.210 e. The van der Waals surface area contributed by atoms with Gasteiger partial charge in [-0.25, -0.2) is 0 Å². The van der Waals surface area contributed by atoms with E-state index in [0.29, 0.717) is 0 Å². The first kappa shape index (κ1) is 44.3. The van der Waals surface area contributed by atoms with Gasteiger partial charge in [-0.3, -0.25) is 0 Å². The predicted octanol–water partition coefficient (Wildman–Crippen LogP) is 15.9. The Balaban J connectivity index is 1.00. The van der Waals surface area contributed by atoms with Crippen LogP contribution in [0, 0.1) is 0 Å². The van der Waals surface area contributed by atoms with Crippen molar-refractivity contribution >= 4 is 70.5 Å². The van der Waals surface area contributed by atoms with Crippen LogP contribution < -0.4 is 4.90 Å². The van der Waals surface area contributed by atoms with Crippen molar-refractivity contribution in [3.8, 4) is 0 Å². The molecule has 2 nitrogen and oxygen atoms in total. The molecule has 10 rings (SSSR count). The molecule has 0 spiro atoms. The van der Waals surface area contributed by atoms with Crippen LogP contribution in [0.1, 0.15) is 33.4 Å². The summed E-state index contributed by atoms with van der Waals surface area (Å²) in [6.45, 7) is 0. The molecule has 0 aliphatic carbocycles. The Morgan fingerprint density at radius 2 is 0.970 bits per heavy atom. The van der Waals surface area contributed by atoms with Crippen LogP contribution in [0.25, 0.3) is 21.5 Å². The van der Waals surface area contributed by atoms with Gasteiger partial charge in [0.05, 0.1) is 5.41 Å². The maximum absolute atomic E-state index is 3.93. The minimum Gasteiger partial charge on any atom is -0.347 e. The molecule has 0 bridgehead atoms. The number of benzene rings is 8. The lowest BCUT2D eigenvalue weighted by Crippen LogP contribution is -2.39. The lowest BCUT2D eigenvalue weighted by Gasteiger charge is -2.34. The number of hydrogen-bond donors (Lipinski definition) is 0. The largest absolute Gasteiger partial charge is 0.347 e. The van der Waals surface area contributed by atoms with Crippen LogP contribution in [-0.2, 0) is 36.5 Å². The Morgan fingerprint density at radius 1 is 0.507 bits per heavy atom. The molecule has 8 aromatic rings. The summed E-state index contributed by atoms with van der Waals surface area (Å²) < 4.78 is 4.35. The Bertz CT molecular complexity index is 3190. The quantitative estimate of drug-likeness (QED) is 0.0824. The molecule has 0 saturated carbocycles. The van der Waals surface area contributed by atoms with Crippen molar-refractivity contribution in [3.63, 3.8) is 0 Å². The van der Waals surface area contributed by atoms with Gasteiger partial charge in [0.15, 0.2) is 5.71 Å². The van der Waals surface area contributed by atoms with Crippen molar-refractivity contribution in [2.45, 2.75) is 36.5 Å². The standard InChI is InChI=1S/C63H53Br2N2/c1-66-56-39-37-50-29-15-17-33-54(50)60(56)62(42-46-21-7-3-8-22-46,43-47-23-9-4-10-24-47)58(66)35-19-31-52(64)41-53(65)32-20-36-59-63(44-48-25-11-5-12-26-48,45-49-27-13-6-14-28-49)61-55-34-18-16-30-51(55)38-40-57(61)67(59)2/h3-41H,42-45H2,1-2H3/q+1. The predicted molar refractivity (Wildman–Crippen MR) is 291 cm³/mol. The normalized spacial score (nSPS) is 16.2. The van der Waals surface area contributed by atoms with Gasteiger partial charge in [-0.15, -0.1) is 0 Å². The van der Waals surface area contributed by atoms with Crippen molar-refractivity contribution in [3.05, 3.63) is 285 Å². The van der Waals surface area contributed by atoms with Crippen LogP contribution in [0.4, 0.5) is 11.4 Å². The number of fused-ring (bicyclic) bond motifs is 6. The summed E-state index contributed by atoms with van der Waals surface area (Å²) in [5.41, 5.74) is 12.5. The molecule has 0 fully saturated rings. The molecular formula is C63H53Br2N2+. The average molecular weight is 998 g/mol. The number of rotatable bonds is 13. The summed E-state index contributed by atoms with van der Waals surface area (Å²) in [7, 11) is 4.47. The zero-order valence-corrected chi connectivity index (χ0v) is 41.2. The highest BCUT2D eigenvalue weighted by molar-refractivity contribution is 9.12. The van der Waals surface area contributed by atoms with E-state index in [9.17, 15) is 0 Å². The Labute approximate surface area is 412 Å². The van der Waals surface area contributed by atoms with Crippen LogP contribution in [0.5, 0.6) is 0 Å². The van der Waals surface area contributed by atoms with Crippen LogP contribution in [0.15, 0.2) is 251 Å². The van der Waals surface area contributed by atoms with Crippen molar-refractivity contribution < 1.29 is 4.58 Å². The van der Waals surface area contributed by atoms with Crippen LogP contribution in [-0.4, -0.2) is 24.4 Å². The van der Waals surface area contributed by atoms with Gasteiger partial charge in [-0.1, -0.05) is 220 Å². The van der Waals surface area contributed by atoms with E-state index in [-0.39, 0.29) is 10.8 Å². The van der Waals surface area contributed by atoms with Crippen molar-refractivity contribution in [2.75, 3.05) is 19.0 Å². The zero-order chi connectivity index (χ0) is 45.8. The fraction of sp³-hybridized carbons (Fsp3) is 0.127. The van der Waals surface area contributed by atoms with E-state index in [1.54, 1.807) is 0 Å². The topological polar surface area (TPSA) is 6.25 Å². The molecule has 0 saturated heterocycles. The highest BCUT2D eigenvalue weighted by Crippen LogP contribution is 2.54. The second kappa shape index (κ2) is 19.3. The monoisotopic (exact) mass is 995 g/mol. The molecule has 328 valence electrons. The number of likely N-dealkylation sites (N-methyl/N-ethyl adjacent to an activating group) is 1. The molecule has 0 radical (unpaired) electrons. The summed E-state index contributed by atoms with van der Waals surface area (Å²) >= 11 is 7.85. The number of allylic oxidation sites excluding steroid dienone is 10. The lowest BCUT2D eigenvalue weighted by atomic mass is 9.68. The molecule has 0 N–H and O–H groups in total. The van der Waals surface area contributed by atoms with Crippen LogP contribution in [0.2, 0.25) is 0 Å². The third-order valence-electron chi connectivity index (χ3n) is 13.9. The van der Waals surface area contributed by atoms with Gasteiger partial charge >= 0.3 is 0 Å². The van der Waals surface area contributed by atoms with Gasteiger partial charge in [0.25, 0.3) is 0 Å². The molecule has 0 atom stereocenters. The molecule has 4 heteroatoms. The molecule has 2 heterocycles. The number of hydrogen-bond acceptors (Lipinski definition) is 1. The van der Waals surface area contributed by atoms with Gasteiger partial charge in [0.2, 0.25) is 5.69 Å². The highest BCUT2D eigenvalue weighted by Gasteiger charge is 2.51. The SMILES string of the molecule is CN1C(=CC=CC(Br)=CC(Br)=CC=CC2=[N+](C)c3ccc4ccccc4c3C2(Cc2ccccc2)Cc2ccccc2)C(Cc2ccccc2)(Cc2ccccc2)c2c1ccc1ccccc21. The zero-order valence-electron chi connectivity index (χ0n) is 38.0. The summed E-state index contributed by atoms with van der Waals surface area (Å²) in [5, 5.41) is 5.15. The molecule has 2 aliphatic rings. The molecule has 2 aliphatic heterocycles. The maximum Gasteiger partial charge on any atom is 0.210 e. The first-order valence-electron chi connectivity index (χ1n) is 23.2. The Hall–Kier alpha value is -6.59. The van der Waals surface area contributed by atoms with E-state index in [4.69, 9.17) is 0 Å². The molecule has 0 aromatic heterocycles. The molecular weight excluding hydrogens is 945 g/mol. The first-order chi connectivity index (χ1) is 32.8. The Kier molecular flexibility index (Phi) is 12.8. The van der Waals surface area contributed by atoms with Gasteiger partial charge in [0, 0.05) is 50.5 Å². The minimum absolute atomic E-state index is 0.313. The van der Waals surface area contributed by atoms with Gasteiger partial charge in [0.1, 0.15) is 7.05 Å². The van der Waals surface area contributed by atoms with Crippen LogP contribution >= 0.6 is 31.9 Å². The first-order valence-corrected chi connectivity index (χ1v) is 24.8. The van der Waals surface area contributed by atoms with E-state index in [1.807, 2.05) is 0 Å². The third-order valence-corrected chi connectivity index (χ3v) is 14.9. The van der Waals surface area contributed by atoms with E-state index in [2.05, 4.69) is 292 Å². The summed E-state index contributed by atoms with van der Waals surface area (Å²) in [4.78, 5) is 2.42. The Morgan fingerprint density at radius 3 is 1.51 bits per heavy atom. The van der Waals surface area contributed by atoms with Crippen molar-refractivity contribution in [1.29, 1.82) is 0 Å². The third kappa shape index (κ3) is 8.77. The van der Waals surface area contributed by atoms with E-state index >= 15 is 0 Å². The summed E-state index contributed by atoms with van der Waals surface area (Å²) in [6.07, 6.45) is 19.0. The highest BCUT2D eigenvalue weighted by atomic mass is 79.9. The average Bonchev–Trinajstić information content (AvgIpc) is 3.72. The summed E-state index contributed by atoms with van der Waals surface area (Å²) in [6, 6.07) is 70.9. The van der Waals surface area contributed by atoms with Crippen molar-refractivity contribution in [1.82, 2.24) is 0 Å². The van der Waals surface area contributed by atoms with Gasteiger partial charge in [-0.2, -0.15) is 4.58 Å². The summed E-state index contributed by atoms with van der Waals surface area (Å²) in [5.74, 6) is 0. The fourth-order valence-corrected chi connectivity index (χ4v) is 12.2.